The van der Waals surface area contributed by atoms with Crippen molar-refractivity contribution in [2.45, 2.75) is 77.0 Å². The minimum absolute atomic E-state index is 0.0438. The Labute approximate surface area is 209 Å². The molecule has 0 unspecified atom stereocenters. The molecule has 2 fully saturated rings. The van der Waals surface area contributed by atoms with Gasteiger partial charge in [-0.1, -0.05) is 82.3 Å². The van der Waals surface area contributed by atoms with Crippen LogP contribution in [-0.2, 0) is 27.9 Å². The second-order valence-corrected chi connectivity index (χ2v) is 11.4. The number of hydrogen-bond donors (Lipinski definition) is 0. The van der Waals surface area contributed by atoms with Gasteiger partial charge in [0.2, 0.25) is 0 Å². The Hall–Kier alpha value is -2.43. The van der Waals surface area contributed by atoms with E-state index in [4.69, 9.17) is 14.5 Å². The lowest BCUT2D eigenvalue weighted by Crippen LogP contribution is -2.55. The first-order chi connectivity index (χ1) is 16.9. The van der Waals surface area contributed by atoms with Crippen LogP contribution in [0.15, 0.2) is 54.6 Å². The molecule has 1 saturated heterocycles. The third-order valence-corrected chi connectivity index (χ3v) is 9.21. The molecule has 1 aromatic heterocycles. The topological polar surface area (TPSA) is 36.3 Å². The zero-order valence-corrected chi connectivity index (χ0v) is 21.6. The quantitative estimate of drug-likeness (QED) is 0.425. The van der Waals surface area contributed by atoms with E-state index in [9.17, 15) is 0 Å². The van der Waals surface area contributed by atoms with Gasteiger partial charge in [-0.15, -0.1) is 0 Å². The third kappa shape index (κ3) is 3.68. The van der Waals surface area contributed by atoms with Gasteiger partial charge in [0.1, 0.15) is 5.82 Å². The largest absolute Gasteiger partial charge is 0.347 e. The molecule has 1 saturated carbocycles. The van der Waals surface area contributed by atoms with Gasteiger partial charge in [0.25, 0.3) is 0 Å². The summed E-state index contributed by atoms with van der Waals surface area (Å²) in [5.74, 6) is 2.13. The number of benzene rings is 2. The van der Waals surface area contributed by atoms with Gasteiger partial charge in [0.05, 0.1) is 18.9 Å². The van der Waals surface area contributed by atoms with Crippen molar-refractivity contribution in [2.24, 2.45) is 11.8 Å². The third-order valence-electron chi connectivity index (χ3n) is 9.21. The lowest BCUT2D eigenvalue weighted by Gasteiger charge is -2.53. The molecular formula is C31H38N2O2. The normalized spacial score (nSPS) is 27.2. The molecule has 0 N–H and O–H groups in total. The number of nitrogens with zero attached hydrogens (tertiary/aromatic N) is 2. The molecule has 184 valence electrons. The van der Waals surface area contributed by atoms with Crippen LogP contribution in [0.2, 0.25) is 0 Å². The van der Waals surface area contributed by atoms with Crippen molar-refractivity contribution in [3.8, 4) is 11.4 Å². The molecule has 0 bridgehead atoms. The first-order valence-corrected chi connectivity index (χ1v) is 13.4. The number of imidazole rings is 1. The van der Waals surface area contributed by atoms with E-state index in [1.165, 1.54) is 28.1 Å². The van der Waals surface area contributed by atoms with E-state index in [1.54, 1.807) is 0 Å². The minimum Gasteiger partial charge on any atom is -0.347 e. The van der Waals surface area contributed by atoms with Crippen LogP contribution in [0.3, 0.4) is 0 Å². The minimum atomic E-state index is -0.385. The Morgan fingerprint density at radius 3 is 2.40 bits per heavy atom. The number of rotatable bonds is 4. The van der Waals surface area contributed by atoms with E-state index < -0.39 is 0 Å². The van der Waals surface area contributed by atoms with E-state index in [0.717, 1.165) is 51.3 Å². The molecule has 0 amide bonds. The summed E-state index contributed by atoms with van der Waals surface area (Å²) in [5, 5.41) is 0. The molecule has 35 heavy (non-hydrogen) atoms. The molecule has 4 heteroatoms. The molecule has 1 aliphatic heterocycles. The maximum Gasteiger partial charge on any atom is 0.171 e. The van der Waals surface area contributed by atoms with Crippen molar-refractivity contribution >= 4 is 0 Å². The molecule has 0 radical (unpaired) electrons. The highest BCUT2D eigenvalue weighted by molar-refractivity contribution is 5.59. The van der Waals surface area contributed by atoms with Crippen LogP contribution in [0.4, 0.5) is 0 Å². The van der Waals surface area contributed by atoms with E-state index in [2.05, 4.69) is 86.9 Å². The Balaban J connectivity index is 1.45. The predicted molar refractivity (Wildman–Crippen MR) is 139 cm³/mol. The predicted octanol–water partition coefficient (Wildman–Crippen LogP) is 6.71. The van der Waals surface area contributed by atoms with Crippen LogP contribution in [0.25, 0.3) is 11.4 Å². The summed E-state index contributed by atoms with van der Waals surface area (Å²) in [4.78, 5) is 5.48. The van der Waals surface area contributed by atoms with Crippen LogP contribution in [0.1, 0.15) is 75.4 Å². The molecule has 1 spiro atoms. The summed E-state index contributed by atoms with van der Waals surface area (Å²) in [7, 11) is 0. The van der Waals surface area contributed by atoms with Crippen LogP contribution in [0, 0.1) is 11.8 Å². The average molecular weight is 471 g/mol. The van der Waals surface area contributed by atoms with Gasteiger partial charge in [-0.2, -0.15) is 0 Å². The van der Waals surface area contributed by atoms with Crippen LogP contribution in [0.5, 0.6) is 0 Å². The fourth-order valence-electron chi connectivity index (χ4n) is 7.11. The van der Waals surface area contributed by atoms with Crippen molar-refractivity contribution in [3.63, 3.8) is 0 Å². The van der Waals surface area contributed by atoms with Crippen molar-refractivity contribution < 1.29 is 9.47 Å². The lowest BCUT2D eigenvalue weighted by molar-refractivity contribution is -0.234. The Bertz CT molecular complexity index is 1190. The maximum atomic E-state index is 6.24. The Morgan fingerprint density at radius 1 is 1.00 bits per heavy atom. The zero-order valence-electron chi connectivity index (χ0n) is 21.6. The van der Waals surface area contributed by atoms with Gasteiger partial charge in [-0.25, -0.2) is 4.98 Å². The molecule has 6 rings (SSSR count). The summed E-state index contributed by atoms with van der Waals surface area (Å²) in [6.07, 6.45) is 4.22. The van der Waals surface area contributed by atoms with Crippen molar-refractivity contribution in [2.75, 3.05) is 13.2 Å². The van der Waals surface area contributed by atoms with Crippen molar-refractivity contribution in [1.82, 2.24) is 9.55 Å². The molecule has 3 aromatic rings. The van der Waals surface area contributed by atoms with E-state index in [1.807, 2.05) is 0 Å². The number of fused-ring (bicyclic) bond motifs is 3. The highest BCUT2D eigenvalue weighted by Crippen LogP contribution is 2.57. The van der Waals surface area contributed by atoms with E-state index in [0.29, 0.717) is 17.8 Å². The molecule has 2 heterocycles. The van der Waals surface area contributed by atoms with Crippen molar-refractivity contribution in [3.05, 3.63) is 77.1 Å². The number of ether oxygens (including phenoxy) is 2. The number of aromatic nitrogens is 2. The van der Waals surface area contributed by atoms with Gasteiger partial charge in [-0.3, -0.25) is 0 Å². The van der Waals surface area contributed by atoms with E-state index >= 15 is 0 Å². The first-order valence-electron chi connectivity index (χ1n) is 13.4. The SMILES string of the molecule is CC(C)c1ccc(-c2nc3c(n2Cc2ccccc2)CC[C@@H]2[C@@H](C)C4(CC[C@@]32C)OCCO4)cc1. The second kappa shape index (κ2) is 8.60. The average Bonchev–Trinajstić information content (AvgIpc) is 3.49. The smallest absolute Gasteiger partial charge is 0.171 e. The van der Waals surface area contributed by atoms with Gasteiger partial charge < -0.3 is 14.0 Å². The molecule has 2 aromatic carbocycles. The van der Waals surface area contributed by atoms with Gasteiger partial charge in [0.15, 0.2) is 5.79 Å². The highest BCUT2D eigenvalue weighted by atomic mass is 16.7. The lowest BCUT2D eigenvalue weighted by atomic mass is 9.55. The zero-order chi connectivity index (χ0) is 24.2. The summed E-state index contributed by atoms with van der Waals surface area (Å²) in [5.41, 5.74) is 6.68. The molecule has 2 aliphatic carbocycles. The van der Waals surface area contributed by atoms with Gasteiger partial charge in [-0.05, 0) is 42.2 Å². The summed E-state index contributed by atoms with van der Waals surface area (Å²) < 4.78 is 15.0. The van der Waals surface area contributed by atoms with Gasteiger partial charge >= 0.3 is 0 Å². The summed E-state index contributed by atoms with van der Waals surface area (Å²) in [6, 6.07) is 19.9. The van der Waals surface area contributed by atoms with Crippen LogP contribution >= 0.6 is 0 Å². The second-order valence-electron chi connectivity index (χ2n) is 11.4. The Morgan fingerprint density at radius 2 is 1.71 bits per heavy atom. The fourth-order valence-corrected chi connectivity index (χ4v) is 7.11. The highest BCUT2D eigenvalue weighted by Gasteiger charge is 2.58. The van der Waals surface area contributed by atoms with Crippen LogP contribution < -0.4 is 0 Å². The summed E-state index contributed by atoms with van der Waals surface area (Å²) >= 11 is 0. The maximum absolute atomic E-state index is 6.24. The van der Waals surface area contributed by atoms with Crippen LogP contribution in [-0.4, -0.2) is 28.6 Å². The first kappa shape index (κ1) is 23.0. The summed E-state index contributed by atoms with van der Waals surface area (Å²) in [6.45, 7) is 11.6. The standard InChI is InChI=1S/C31H38N2O2/c1-21(2)24-10-12-25(13-11-24)29-32-28-27(33(29)20-23-8-6-5-7-9-23)15-14-26-22(3)31(34-18-19-35-31)17-16-30(26,28)4/h5-13,21-22,26H,14-20H2,1-4H3/t22-,26-,30-/m1/s1. The van der Waals surface area contributed by atoms with E-state index in [-0.39, 0.29) is 11.2 Å². The monoisotopic (exact) mass is 470 g/mol. The molecule has 3 aliphatic rings. The molecule has 4 nitrogen and oxygen atoms in total. The molecular weight excluding hydrogens is 432 g/mol. The van der Waals surface area contributed by atoms with Gasteiger partial charge in [0, 0.05) is 35.6 Å². The van der Waals surface area contributed by atoms with Crippen molar-refractivity contribution in [1.29, 1.82) is 0 Å². The number of hydrogen-bond acceptors (Lipinski definition) is 3. The Kier molecular flexibility index (Phi) is 5.65. The molecule has 3 atom stereocenters. The fraction of sp³-hybridized carbons (Fsp3) is 0.516.